The van der Waals surface area contributed by atoms with Crippen LogP contribution in [-0.4, -0.2) is 90.2 Å². The Kier molecular flexibility index (Phi) is 8.56. The van der Waals surface area contributed by atoms with Gasteiger partial charge in [-0.2, -0.15) is 9.97 Å². The highest BCUT2D eigenvalue weighted by atomic mass is 35.5. The van der Waals surface area contributed by atoms with Crippen LogP contribution in [0.3, 0.4) is 0 Å². The molecule has 0 bridgehead atoms. The lowest BCUT2D eigenvalue weighted by atomic mass is 10.0. The van der Waals surface area contributed by atoms with Gasteiger partial charge in [-0.3, -0.25) is 9.69 Å². The molecule has 44 heavy (non-hydrogen) atoms. The quantitative estimate of drug-likeness (QED) is 0.262. The van der Waals surface area contributed by atoms with Crippen molar-refractivity contribution in [2.24, 2.45) is 0 Å². The van der Waals surface area contributed by atoms with Gasteiger partial charge in [0, 0.05) is 55.9 Å². The molecule has 2 fully saturated rings. The maximum absolute atomic E-state index is 14.5. The smallest absolute Gasteiger partial charge is 0.319 e. The van der Waals surface area contributed by atoms with E-state index >= 15 is 0 Å². The summed E-state index contributed by atoms with van der Waals surface area (Å²) in [5, 5.41) is 1.60. The summed E-state index contributed by atoms with van der Waals surface area (Å²) < 4.78 is 34.6. The summed E-state index contributed by atoms with van der Waals surface area (Å²) >= 11 is 6.47. The van der Waals surface area contributed by atoms with E-state index in [2.05, 4.69) is 33.0 Å². The maximum Gasteiger partial charge on any atom is 0.319 e. The molecule has 3 aliphatic rings. The normalized spacial score (nSPS) is 19.0. The Hall–Kier alpha value is -4.01. The zero-order valence-electron chi connectivity index (χ0n) is 24.6. The standard InChI is InChI=1S/C32H34ClF2N7O2/c1-4-11-39-17-23(18-39)44-32-37-26-19-40(27-7-5-6-21-8-9-25(35)29(33)28(21)27)12-10-24(26)30(38-32)41-13-14-42(31(43)20(2)34)22(16-41)15-36-3/h5-9,22-23H,2,4,10-19H2,1H3/t22-/m0/s1. The number of halogens is 3. The summed E-state index contributed by atoms with van der Waals surface area (Å²) in [6.45, 7) is 17.4. The van der Waals surface area contributed by atoms with E-state index in [-0.39, 0.29) is 30.2 Å². The molecule has 0 radical (unpaired) electrons. The van der Waals surface area contributed by atoms with Crippen molar-refractivity contribution in [2.45, 2.75) is 38.5 Å². The number of benzene rings is 2. The van der Waals surface area contributed by atoms with E-state index in [1.165, 1.54) is 11.0 Å². The van der Waals surface area contributed by atoms with Crippen LogP contribution in [0.1, 0.15) is 24.6 Å². The van der Waals surface area contributed by atoms with Crippen LogP contribution in [0.4, 0.5) is 20.3 Å². The monoisotopic (exact) mass is 621 g/mol. The van der Waals surface area contributed by atoms with Gasteiger partial charge in [0.25, 0.3) is 5.91 Å². The zero-order valence-corrected chi connectivity index (χ0v) is 25.4. The molecule has 0 aliphatic carbocycles. The van der Waals surface area contributed by atoms with Crippen molar-refractivity contribution in [2.75, 3.05) is 62.2 Å². The Balaban J connectivity index is 1.34. The zero-order chi connectivity index (χ0) is 31.0. The molecule has 9 nitrogen and oxygen atoms in total. The maximum atomic E-state index is 14.5. The van der Waals surface area contributed by atoms with Gasteiger partial charge in [0.1, 0.15) is 23.8 Å². The largest absolute Gasteiger partial charge is 0.457 e. The number of ether oxygens (including phenoxy) is 1. The molecule has 3 aliphatic heterocycles. The first kappa shape index (κ1) is 30.0. The fourth-order valence-electron chi connectivity index (χ4n) is 6.44. The molecule has 12 heteroatoms. The average molecular weight is 622 g/mol. The number of rotatable bonds is 8. The van der Waals surface area contributed by atoms with E-state index in [1.807, 2.05) is 18.2 Å². The Morgan fingerprint density at radius 1 is 1.16 bits per heavy atom. The van der Waals surface area contributed by atoms with E-state index in [1.54, 1.807) is 6.07 Å². The third-order valence-electron chi connectivity index (χ3n) is 8.59. The van der Waals surface area contributed by atoms with Crippen molar-refractivity contribution in [1.82, 2.24) is 19.8 Å². The van der Waals surface area contributed by atoms with E-state index in [4.69, 9.17) is 32.9 Å². The molecule has 3 aromatic rings. The SMILES string of the molecule is [C-]#[N+]C[C@H]1CN(c2nc(OC3CN(CCC)C3)nc3c2CCN(c2cccc4ccc(F)c(Cl)c24)C3)CCN1C(=O)C(=C)F. The van der Waals surface area contributed by atoms with Crippen LogP contribution < -0.4 is 14.5 Å². The van der Waals surface area contributed by atoms with Gasteiger partial charge in [-0.1, -0.05) is 43.3 Å². The third-order valence-corrected chi connectivity index (χ3v) is 8.96. The van der Waals surface area contributed by atoms with E-state index in [0.29, 0.717) is 43.8 Å². The molecular weight excluding hydrogens is 588 g/mol. The number of anilines is 2. The van der Waals surface area contributed by atoms with Crippen molar-refractivity contribution >= 4 is 39.8 Å². The first-order valence-corrected chi connectivity index (χ1v) is 15.3. The summed E-state index contributed by atoms with van der Waals surface area (Å²) in [6, 6.07) is 8.66. The summed E-state index contributed by atoms with van der Waals surface area (Å²) in [6.07, 6.45) is 1.66. The van der Waals surface area contributed by atoms with Gasteiger partial charge < -0.3 is 24.3 Å². The van der Waals surface area contributed by atoms with Crippen molar-refractivity contribution < 1.29 is 18.3 Å². The van der Waals surface area contributed by atoms with E-state index in [9.17, 15) is 13.6 Å². The van der Waals surface area contributed by atoms with Gasteiger partial charge in [0.05, 0.1) is 17.3 Å². The molecule has 0 spiro atoms. The van der Waals surface area contributed by atoms with Crippen LogP contribution in [0.5, 0.6) is 6.01 Å². The molecule has 6 rings (SSSR count). The number of carbonyl (C=O) groups is 1. The molecule has 4 heterocycles. The van der Waals surface area contributed by atoms with E-state index < -0.39 is 23.6 Å². The van der Waals surface area contributed by atoms with Crippen LogP contribution >= 0.6 is 11.6 Å². The second-order valence-corrected chi connectivity index (χ2v) is 11.9. The predicted octanol–water partition coefficient (Wildman–Crippen LogP) is 4.88. The first-order chi connectivity index (χ1) is 21.3. The molecule has 0 saturated carbocycles. The van der Waals surface area contributed by atoms with Crippen molar-refractivity contribution in [3.63, 3.8) is 0 Å². The van der Waals surface area contributed by atoms with Gasteiger partial charge >= 0.3 is 6.01 Å². The van der Waals surface area contributed by atoms with Crippen LogP contribution in [-0.2, 0) is 17.8 Å². The molecule has 0 unspecified atom stereocenters. The second-order valence-electron chi connectivity index (χ2n) is 11.5. The predicted molar refractivity (Wildman–Crippen MR) is 166 cm³/mol. The number of amides is 1. The van der Waals surface area contributed by atoms with E-state index in [0.717, 1.165) is 48.4 Å². The number of likely N-dealkylation sites (tertiary alicyclic amines) is 1. The first-order valence-electron chi connectivity index (χ1n) is 14.9. The number of piperazine rings is 1. The van der Waals surface area contributed by atoms with Gasteiger partial charge in [0.2, 0.25) is 6.54 Å². The number of hydrogen-bond acceptors (Lipinski definition) is 7. The lowest BCUT2D eigenvalue weighted by molar-refractivity contribution is -0.131. The van der Waals surface area contributed by atoms with Crippen molar-refractivity contribution in [3.8, 4) is 6.01 Å². The molecule has 230 valence electrons. The number of hydrogen-bond donors (Lipinski definition) is 0. The Morgan fingerprint density at radius 2 is 1.98 bits per heavy atom. The second kappa shape index (κ2) is 12.5. The highest BCUT2D eigenvalue weighted by Crippen LogP contribution is 2.38. The molecule has 2 aromatic carbocycles. The summed E-state index contributed by atoms with van der Waals surface area (Å²) in [5.74, 6) is -1.58. The lowest BCUT2D eigenvalue weighted by Crippen LogP contribution is -2.57. The fourth-order valence-corrected chi connectivity index (χ4v) is 6.71. The Labute approximate surface area is 260 Å². The van der Waals surface area contributed by atoms with Crippen LogP contribution in [0.25, 0.3) is 15.6 Å². The number of aromatic nitrogens is 2. The highest BCUT2D eigenvalue weighted by molar-refractivity contribution is 6.36. The van der Waals surface area contributed by atoms with Gasteiger partial charge in [-0.25, -0.2) is 15.4 Å². The molecule has 0 N–H and O–H groups in total. The number of fused-ring (bicyclic) bond motifs is 2. The molecule has 2 saturated heterocycles. The summed E-state index contributed by atoms with van der Waals surface area (Å²) in [7, 11) is 0. The molecular formula is C32H34ClF2N7O2. The Bertz CT molecular complexity index is 1640. The highest BCUT2D eigenvalue weighted by Gasteiger charge is 2.37. The van der Waals surface area contributed by atoms with Crippen molar-refractivity contribution in [3.05, 3.63) is 76.3 Å². The van der Waals surface area contributed by atoms with Crippen LogP contribution in [0.15, 0.2) is 42.7 Å². The lowest BCUT2D eigenvalue weighted by Gasteiger charge is -2.41. The van der Waals surface area contributed by atoms with Gasteiger partial charge in [0.15, 0.2) is 5.83 Å². The number of carbonyl (C=O) groups excluding carboxylic acids is 1. The number of nitrogens with zero attached hydrogens (tertiary/aromatic N) is 7. The Morgan fingerprint density at radius 3 is 2.73 bits per heavy atom. The molecule has 1 atom stereocenters. The third kappa shape index (κ3) is 5.76. The molecule has 1 aromatic heterocycles. The minimum absolute atomic E-state index is 0.0214. The summed E-state index contributed by atoms with van der Waals surface area (Å²) in [5.41, 5.74) is 2.58. The van der Waals surface area contributed by atoms with Crippen molar-refractivity contribution in [1.29, 1.82) is 0 Å². The fraction of sp³-hybridized carbons (Fsp3) is 0.438. The topological polar surface area (TPSA) is 69.4 Å². The van der Waals surface area contributed by atoms with Gasteiger partial charge in [-0.15, -0.1) is 0 Å². The van der Waals surface area contributed by atoms with Crippen LogP contribution in [0.2, 0.25) is 5.02 Å². The minimum Gasteiger partial charge on any atom is -0.457 e. The van der Waals surface area contributed by atoms with Gasteiger partial charge in [-0.05, 0) is 36.9 Å². The minimum atomic E-state index is -1.03. The summed E-state index contributed by atoms with van der Waals surface area (Å²) in [4.78, 5) is 33.7. The van der Waals surface area contributed by atoms with Crippen LogP contribution in [0, 0.1) is 12.4 Å². The molecule has 1 amide bonds. The average Bonchev–Trinajstić information content (AvgIpc) is 3.00.